The van der Waals surface area contributed by atoms with Crippen LogP contribution in [0.1, 0.15) is 77.5 Å². The fourth-order valence-corrected chi connectivity index (χ4v) is 10.7. The Hall–Kier alpha value is -7.44. The molecule has 3 heterocycles. The highest BCUT2D eigenvalue weighted by Gasteiger charge is 2.49. The number of nitrogens with zero attached hydrogens (tertiary/aromatic N) is 6. The van der Waals surface area contributed by atoms with E-state index >= 15 is 0 Å². The van der Waals surface area contributed by atoms with Crippen LogP contribution >= 0.6 is 0 Å². The summed E-state index contributed by atoms with van der Waals surface area (Å²) in [4.78, 5) is 31.2. The van der Waals surface area contributed by atoms with Gasteiger partial charge in [-0.2, -0.15) is 0 Å². The number of rotatable bonds is 9. The highest BCUT2D eigenvalue weighted by atomic mass is 15.0. The summed E-state index contributed by atoms with van der Waals surface area (Å²) in [5.41, 5.74) is 11.1. The van der Waals surface area contributed by atoms with Crippen molar-refractivity contribution < 1.29 is 0 Å². The Morgan fingerprint density at radius 1 is 0.348 bits per heavy atom. The van der Waals surface area contributed by atoms with Crippen LogP contribution in [0.15, 0.2) is 197 Å². The van der Waals surface area contributed by atoms with Crippen LogP contribution in [0.5, 0.6) is 0 Å². The summed E-state index contributed by atoms with van der Waals surface area (Å²) < 4.78 is 0. The minimum absolute atomic E-state index is 0.449. The second-order valence-electron chi connectivity index (χ2n) is 19.1. The predicted molar refractivity (Wildman–Crippen MR) is 277 cm³/mol. The molecule has 0 amide bonds. The molecule has 6 heteroatoms. The van der Waals surface area contributed by atoms with Gasteiger partial charge in [0.05, 0.1) is 33.7 Å². The molecule has 0 N–H and O–H groups in total. The van der Waals surface area contributed by atoms with Gasteiger partial charge in [-0.25, -0.2) is 0 Å². The van der Waals surface area contributed by atoms with Crippen molar-refractivity contribution in [1.82, 2.24) is 15.0 Å². The summed E-state index contributed by atoms with van der Waals surface area (Å²) in [5.74, 6) is 0. The van der Waals surface area contributed by atoms with E-state index < -0.39 is 16.6 Å². The Labute approximate surface area is 388 Å². The molecule has 1 aliphatic rings. The quantitative estimate of drug-likeness (QED) is 0.136. The molecule has 0 radical (unpaired) electrons. The van der Waals surface area contributed by atoms with E-state index in [1.54, 1.807) is 0 Å². The van der Waals surface area contributed by atoms with Crippen molar-refractivity contribution in [3.63, 3.8) is 0 Å². The zero-order chi connectivity index (χ0) is 45.5. The van der Waals surface area contributed by atoms with Gasteiger partial charge in [0.15, 0.2) is 0 Å². The molecule has 324 valence electrons. The van der Waals surface area contributed by atoms with Crippen LogP contribution in [0.4, 0.5) is 0 Å². The smallest absolute Gasteiger partial charge is 0.0708 e. The normalized spacial score (nSPS) is 20.5. The zero-order valence-electron chi connectivity index (χ0n) is 38.6. The molecule has 6 aromatic carbocycles. The van der Waals surface area contributed by atoms with Crippen molar-refractivity contribution in [3.05, 3.63) is 199 Å². The standard InChI is InChI=1S/C60H54N6/c1-40(43-19-25-46(26-20-43)55-31-49-13-7-10-16-52(49)34-61-55)64-58(4)37-59(5,65-41(2)44-21-27-47(28-22-44)56-32-50-14-8-11-17-53(50)35-62-56)39-60(6,38-58)66-42(3)45-23-29-48(30-24-45)57-33-51-15-9-12-18-54(51)36-63-57/h7-36H,37-39H2,1-6H3/b64-40-,65-41-,66-42-. The lowest BCUT2D eigenvalue weighted by molar-refractivity contribution is 0.148. The second kappa shape index (κ2) is 17.2. The number of aliphatic imine (C=N–C) groups is 3. The molecular weight excluding hydrogens is 805 g/mol. The SMILES string of the molecule is C/C(=N/C1(C)CC(C)(/N=C(/C)c2ccc(-c3cc4ccccc4cn3)cc2)CC(C)(/N=C(/C)c2ccc(-c3cc4ccccc4cn3)cc2)C1)c1ccc(-c2cc3ccccc3cn2)cc1. The van der Waals surface area contributed by atoms with Gasteiger partial charge in [0, 0.05) is 68.6 Å². The number of hydrogen-bond donors (Lipinski definition) is 0. The predicted octanol–water partition coefficient (Wildman–Crippen LogP) is 14.6. The number of hydrogen-bond acceptors (Lipinski definition) is 6. The Morgan fingerprint density at radius 3 is 0.848 bits per heavy atom. The second-order valence-corrected chi connectivity index (χ2v) is 19.1. The van der Waals surface area contributed by atoms with Crippen LogP contribution in [0, 0.1) is 0 Å². The minimum atomic E-state index is -0.449. The molecule has 0 saturated heterocycles. The lowest BCUT2D eigenvalue weighted by Gasteiger charge is -2.48. The Morgan fingerprint density at radius 2 is 0.591 bits per heavy atom. The van der Waals surface area contributed by atoms with Gasteiger partial charge in [-0.1, -0.05) is 146 Å². The average molecular weight is 859 g/mol. The molecule has 0 bridgehead atoms. The van der Waals surface area contributed by atoms with Crippen molar-refractivity contribution in [2.24, 2.45) is 15.0 Å². The summed E-state index contributed by atoms with van der Waals surface area (Å²) in [6, 6.07) is 57.5. The first kappa shape index (κ1) is 42.5. The first-order valence-corrected chi connectivity index (χ1v) is 23.0. The van der Waals surface area contributed by atoms with Crippen LogP contribution in [0.25, 0.3) is 66.1 Å². The molecule has 1 fully saturated rings. The fraction of sp³-hybridized carbons (Fsp3) is 0.200. The summed E-state index contributed by atoms with van der Waals surface area (Å²) in [6.07, 6.45) is 8.21. The molecule has 0 atom stereocenters. The molecule has 66 heavy (non-hydrogen) atoms. The van der Waals surface area contributed by atoms with Crippen LogP contribution in [0.3, 0.4) is 0 Å². The van der Waals surface area contributed by atoms with Gasteiger partial charge in [-0.15, -0.1) is 0 Å². The largest absolute Gasteiger partial charge is 0.283 e. The van der Waals surface area contributed by atoms with Gasteiger partial charge >= 0.3 is 0 Å². The maximum absolute atomic E-state index is 5.61. The first-order valence-electron chi connectivity index (χ1n) is 23.0. The van der Waals surface area contributed by atoms with Crippen molar-refractivity contribution in [2.45, 2.75) is 77.4 Å². The lowest BCUT2D eigenvalue weighted by atomic mass is 9.65. The molecule has 1 saturated carbocycles. The van der Waals surface area contributed by atoms with E-state index in [0.717, 1.165) is 103 Å². The van der Waals surface area contributed by atoms with E-state index in [2.05, 4.69) is 187 Å². The van der Waals surface area contributed by atoms with Crippen LogP contribution in [-0.4, -0.2) is 48.7 Å². The third-order valence-corrected chi connectivity index (χ3v) is 13.3. The number of pyridine rings is 3. The Kier molecular flexibility index (Phi) is 11.1. The topological polar surface area (TPSA) is 75.8 Å². The van der Waals surface area contributed by atoms with Gasteiger partial charge in [-0.05, 0) is 112 Å². The van der Waals surface area contributed by atoms with E-state index in [9.17, 15) is 0 Å². The number of benzene rings is 6. The molecule has 6 nitrogen and oxygen atoms in total. The number of fused-ring (bicyclic) bond motifs is 3. The van der Waals surface area contributed by atoms with Gasteiger partial charge in [0.1, 0.15) is 0 Å². The molecule has 0 unspecified atom stereocenters. The third-order valence-electron chi connectivity index (χ3n) is 13.3. The molecule has 0 spiro atoms. The fourth-order valence-electron chi connectivity index (χ4n) is 10.7. The maximum Gasteiger partial charge on any atom is 0.0708 e. The van der Waals surface area contributed by atoms with Crippen LogP contribution < -0.4 is 0 Å². The van der Waals surface area contributed by atoms with Gasteiger partial charge < -0.3 is 0 Å². The van der Waals surface area contributed by atoms with E-state index in [1.807, 2.05) is 36.8 Å². The average Bonchev–Trinajstić information content (AvgIpc) is 3.32. The molecular formula is C60H54N6. The monoisotopic (exact) mass is 858 g/mol. The Balaban J connectivity index is 0.958. The Bertz CT molecular complexity index is 2980. The van der Waals surface area contributed by atoms with Crippen molar-refractivity contribution >= 4 is 49.5 Å². The molecule has 10 rings (SSSR count). The first-order chi connectivity index (χ1) is 31.9. The number of aromatic nitrogens is 3. The molecule has 1 aliphatic carbocycles. The van der Waals surface area contributed by atoms with Crippen molar-refractivity contribution in [3.8, 4) is 33.8 Å². The highest BCUT2D eigenvalue weighted by molar-refractivity contribution is 6.01. The van der Waals surface area contributed by atoms with Gasteiger partial charge in [-0.3, -0.25) is 29.9 Å². The summed E-state index contributed by atoms with van der Waals surface area (Å²) in [6.45, 7) is 13.3. The highest BCUT2D eigenvalue weighted by Crippen LogP contribution is 2.48. The van der Waals surface area contributed by atoms with E-state index in [0.29, 0.717) is 0 Å². The van der Waals surface area contributed by atoms with Gasteiger partial charge in [0.25, 0.3) is 0 Å². The summed E-state index contributed by atoms with van der Waals surface area (Å²) in [7, 11) is 0. The van der Waals surface area contributed by atoms with E-state index in [4.69, 9.17) is 29.9 Å². The van der Waals surface area contributed by atoms with Crippen molar-refractivity contribution in [1.29, 1.82) is 0 Å². The van der Waals surface area contributed by atoms with E-state index in [-0.39, 0.29) is 0 Å². The summed E-state index contributed by atoms with van der Waals surface area (Å²) in [5, 5.41) is 6.96. The van der Waals surface area contributed by atoms with Crippen LogP contribution in [0.2, 0.25) is 0 Å². The van der Waals surface area contributed by atoms with Crippen molar-refractivity contribution in [2.75, 3.05) is 0 Å². The zero-order valence-corrected chi connectivity index (χ0v) is 38.6. The maximum atomic E-state index is 5.61. The molecule has 0 aliphatic heterocycles. The summed E-state index contributed by atoms with van der Waals surface area (Å²) >= 11 is 0. The third kappa shape index (κ3) is 8.96. The molecule has 9 aromatic rings. The lowest BCUT2D eigenvalue weighted by Crippen LogP contribution is -2.51. The molecule has 3 aromatic heterocycles. The van der Waals surface area contributed by atoms with E-state index in [1.165, 1.54) is 16.2 Å². The minimum Gasteiger partial charge on any atom is -0.283 e. The van der Waals surface area contributed by atoms with Gasteiger partial charge in [0.2, 0.25) is 0 Å². The van der Waals surface area contributed by atoms with Crippen LogP contribution in [-0.2, 0) is 0 Å².